The Morgan fingerprint density at radius 3 is 1.72 bits per heavy atom. The van der Waals surface area contributed by atoms with Crippen LogP contribution in [0.5, 0.6) is 0 Å². The van der Waals surface area contributed by atoms with E-state index >= 15 is 0 Å². The van der Waals surface area contributed by atoms with Crippen molar-refractivity contribution in [1.82, 2.24) is 0 Å². The summed E-state index contributed by atoms with van der Waals surface area (Å²) in [4.78, 5) is 0. The highest BCUT2D eigenvalue weighted by atomic mass is 16.3. The molecule has 10 aromatic rings. The van der Waals surface area contributed by atoms with Crippen molar-refractivity contribution >= 4 is 76.6 Å². The SMILES string of the molecule is C1=C/C(c2ccc3cc(-c4ccccc4)ccc3c2)=c2/cccc/c2=C(c2cc3c4ccccc4oc3c3cc4oc5ccccc5c4cc23)/C=C/CC1. The Morgan fingerprint density at radius 2 is 0.944 bits per heavy atom. The normalized spacial score (nSPS) is 16.1. The number of furan rings is 2. The van der Waals surface area contributed by atoms with Crippen molar-refractivity contribution in [3.63, 3.8) is 0 Å². The molecule has 2 heteroatoms. The lowest BCUT2D eigenvalue weighted by atomic mass is 9.90. The molecule has 0 aliphatic heterocycles. The molecular weight excluding hydrogens is 657 g/mol. The van der Waals surface area contributed by atoms with Gasteiger partial charge in [0.05, 0.1) is 0 Å². The van der Waals surface area contributed by atoms with Crippen LogP contribution >= 0.6 is 0 Å². The molecule has 0 fully saturated rings. The maximum absolute atomic E-state index is 6.64. The van der Waals surface area contributed by atoms with Crippen LogP contribution in [-0.2, 0) is 0 Å². The highest BCUT2D eigenvalue weighted by Crippen LogP contribution is 2.41. The minimum Gasteiger partial charge on any atom is -0.456 e. The van der Waals surface area contributed by atoms with Gasteiger partial charge in [0.2, 0.25) is 0 Å². The number of hydrogen-bond donors (Lipinski definition) is 0. The molecule has 8 aromatic carbocycles. The van der Waals surface area contributed by atoms with Crippen LogP contribution in [0.15, 0.2) is 191 Å². The van der Waals surface area contributed by atoms with Crippen LogP contribution in [0.25, 0.3) is 87.7 Å². The highest BCUT2D eigenvalue weighted by Gasteiger charge is 2.19. The van der Waals surface area contributed by atoms with Crippen LogP contribution in [-0.4, -0.2) is 0 Å². The van der Waals surface area contributed by atoms with Crippen LogP contribution in [0.2, 0.25) is 0 Å². The molecular formula is C52H34O2. The van der Waals surface area contributed by atoms with Crippen molar-refractivity contribution in [3.8, 4) is 11.1 Å². The Morgan fingerprint density at radius 1 is 0.352 bits per heavy atom. The number of para-hydroxylation sites is 2. The average Bonchev–Trinajstić information content (AvgIpc) is 3.79. The lowest BCUT2D eigenvalue weighted by molar-refractivity contribution is 0.667. The average molecular weight is 691 g/mol. The van der Waals surface area contributed by atoms with E-state index in [4.69, 9.17) is 8.83 Å². The summed E-state index contributed by atoms with van der Waals surface area (Å²) in [6.07, 6.45) is 11.2. The van der Waals surface area contributed by atoms with Crippen LogP contribution < -0.4 is 10.4 Å². The molecule has 0 N–H and O–H groups in total. The molecule has 0 unspecified atom stereocenters. The van der Waals surface area contributed by atoms with Crippen molar-refractivity contribution in [3.05, 3.63) is 204 Å². The topological polar surface area (TPSA) is 26.3 Å². The van der Waals surface area contributed by atoms with Crippen molar-refractivity contribution < 1.29 is 8.83 Å². The number of fused-ring (bicyclic) bond motifs is 10. The zero-order valence-electron chi connectivity index (χ0n) is 29.6. The fraction of sp³-hybridized carbons (Fsp3) is 0.0385. The Balaban J connectivity index is 1.23. The summed E-state index contributed by atoms with van der Waals surface area (Å²) in [6, 6.07) is 56.7. The van der Waals surface area contributed by atoms with Crippen molar-refractivity contribution in [2.75, 3.05) is 0 Å². The quantitative estimate of drug-likeness (QED) is 0.184. The third-order valence-corrected chi connectivity index (χ3v) is 11.1. The van der Waals surface area contributed by atoms with E-state index in [2.05, 4.69) is 164 Å². The second-order valence-corrected chi connectivity index (χ2v) is 14.3. The van der Waals surface area contributed by atoms with Gasteiger partial charge in [0.15, 0.2) is 0 Å². The number of hydrogen-bond acceptors (Lipinski definition) is 2. The number of benzene rings is 8. The fourth-order valence-corrected chi connectivity index (χ4v) is 8.47. The van der Waals surface area contributed by atoms with E-state index in [1.54, 1.807) is 0 Å². The van der Waals surface area contributed by atoms with Crippen molar-refractivity contribution in [2.24, 2.45) is 0 Å². The van der Waals surface area contributed by atoms with E-state index in [-0.39, 0.29) is 0 Å². The molecule has 0 saturated carbocycles. The summed E-state index contributed by atoms with van der Waals surface area (Å²) in [7, 11) is 0. The first-order valence-electron chi connectivity index (χ1n) is 18.7. The molecule has 0 bridgehead atoms. The van der Waals surface area contributed by atoms with Gasteiger partial charge in [0, 0.05) is 26.9 Å². The first-order chi connectivity index (χ1) is 26.8. The third-order valence-electron chi connectivity index (χ3n) is 11.1. The fourth-order valence-electron chi connectivity index (χ4n) is 8.47. The molecule has 0 saturated heterocycles. The predicted molar refractivity (Wildman–Crippen MR) is 226 cm³/mol. The largest absolute Gasteiger partial charge is 0.456 e. The molecule has 254 valence electrons. The van der Waals surface area contributed by atoms with E-state index < -0.39 is 0 Å². The summed E-state index contributed by atoms with van der Waals surface area (Å²) in [6.45, 7) is 0. The number of allylic oxidation sites excluding steroid dienone is 4. The smallest absolute Gasteiger partial charge is 0.143 e. The Kier molecular flexibility index (Phi) is 7.03. The van der Waals surface area contributed by atoms with Gasteiger partial charge in [-0.3, -0.25) is 0 Å². The number of rotatable bonds is 3. The summed E-state index contributed by atoms with van der Waals surface area (Å²) in [5, 5.41) is 11.5. The van der Waals surface area contributed by atoms with Gasteiger partial charge in [0.1, 0.15) is 22.3 Å². The van der Waals surface area contributed by atoms with Gasteiger partial charge in [-0.15, -0.1) is 0 Å². The van der Waals surface area contributed by atoms with Gasteiger partial charge < -0.3 is 8.83 Å². The van der Waals surface area contributed by atoms with Gasteiger partial charge in [0.25, 0.3) is 0 Å². The minimum atomic E-state index is 0.863. The molecule has 54 heavy (non-hydrogen) atoms. The van der Waals surface area contributed by atoms with Crippen LogP contribution in [0, 0.1) is 0 Å². The first kappa shape index (κ1) is 30.7. The molecule has 0 atom stereocenters. The molecule has 0 spiro atoms. The lowest BCUT2D eigenvalue weighted by Crippen LogP contribution is -2.29. The summed E-state index contributed by atoms with van der Waals surface area (Å²) < 4.78 is 13.1. The van der Waals surface area contributed by atoms with Crippen LogP contribution in [0.3, 0.4) is 0 Å². The highest BCUT2D eigenvalue weighted by molar-refractivity contribution is 6.22. The predicted octanol–water partition coefficient (Wildman–Crippen LogP) is 12.8. The summed E-state index contributed by atoms with van der Waals surface area (Å²) in [5.74, 6) is 0. The molecule has 11 rings (SSSR count). The summed E-state index contributed by atoms with van der Waals surface area (Å²) in [5.41, 5.74) is 10.8. The van der Waals surface area contributed by atoms with Gasteiger partial charge in [-0.1, -0.05) is 140 Å². The van der Waals surface area contributed by atoms with E-state index in [0.717, 1.165) is 67.5 Å². The lowest BCUT2D eigenvalue weighted by Gasteiger charge is -2.13. The van der Waals surface area contributed by atoms with Gasteiger partial charge >= 0.3 is 0 Å². The van der Waals surface area contributed by atoms with E-state index in [1.807, 2.05) is 18.2 Å². The van der Waals surface area contributed by atoms with E-state index in [9.17, 15) is 0 Å². The van der Waals surface area contributed by atoms with Crippen molar-refractivity contribution in [2.45, 2.75) is 12.8 Å². The third kappa shape index (κ3) is 4.95. The van der Waals surface area contributed by atoms with Gasteiger partial charge in [-0.2, -0.15) is 0 Å². The molecule has 2 heterocycles. The minimum absolute atomic E-state index is 0.863. The molecule has 2 aromatic heterocycles. The second-order valence-electron chi connectivity index (χ2n) is 14.3. The van der Waals surface area contributed by atoms with Crippen molar-refractivity contribution in [1.29, 1.82) is 0 Å². The second kappa shape index (κ2) is 12.4. The monoisotopic (exact) mass is 690 g/mol. The summed E-state index contributed by atoms with van der Waals surface area (Å²) >= 11 is 0. The Labute approximate surface area is 311 Å². The standard InChI is InChI=1S/C52H34O2/c1-2-7-17-41(40-19-9-8-18-39(40)38(16-6-1)37-27-26-35-28-34(24-25-36(35)29-37)33-14-4-3-5-15-33)44-31-47-43-21-11-13-23-50(43)54-52(47)48-32-51-46(30-45(44)48)42-20-10-12-22-49(42)53-51/h3-32H,1-2H2/b16-6?,17-7+,39-38+,41-40+. The van der Waals surface area contributed by atoms with E-state index in [1.165, 1.54) is 54.6 Å². The van der Waals surface area contributed by atoms with Gasteiger partial charge in [-0.25, -0.2) is 0 Å². The Bertz CT molecular complexity index is 3320. The zero-order chi connectivity index (χ0) is 35.6. The zero-order valence-corrected chi connectivity index (χ0v) is 29.6. The maximum atomic E-state index is 6.64. The molecule has 0 amide bonds. The Hall–Kier alpha value is -6.90. The first-order valence-corrected chi connectivity index (χ1v) is 18.7. The van der Waals surface area contributed by atoms with Crippen LogP contribution in [0.1, 0.15) is 24.0 Å². The maximum Gasteiger partial charge on any atom is 0.143 e. The molecule has 1 aliphatic rings. The molecule has 2 nitrogen and oxygen atoms in total. The molecule has 1 aliphatic carbocycles. The van der Waals surface area contributed by atoms with Gasteiger partial charge in [-0.05, 0) is 115 Å². The van der Waals surface area contributed by atoms with Crippen LogP contribution in [0.4, 0.5) is 0 Å². The molecule has 0 radical (unpaired) electrons. The van der Waals surface area contributed by atoms with E-state index in [0.29, 0.717) is 0 Å².